The van der Waals surface area contributed by atoms with Crippen molar-refractivity contribution in [1.29, 1.82) is 0 Å². The van der Waals surface area contributed by atoms with Crippen LogP contribution < -0.4 is 21.7 Å². The second-order valence-electron chi connectivity index (χ2n) is 6.72. The van der Waals surface area contributed by atoms with E-state index in [-0.39, 0.29) is 24.6 Å². The number of rotatable bonds is 15. The molecule has 10 nitrogen and oxygen atoms in total. The molecule has 1 atom stereocenters. The lowest BCUT2D eigenvalue weighted by atomic mass is 10.1. The highest BCUT2D eigenvalue weighted by atomic mass is 16.5. The van der Waals surface area contributed by atoms with Gasteiger partial charge in [-0.25, -0.2) is 0 Å². The van der Waals surface area contributed by atoms with E-state index in [1.807, 2.05) is 27.7 Å². The van der Waals surface area contributed by atoms with Gasteiger partial charge in [0.1, 0.15) is 0 Å². The first kappa shape index (κ1) is 23.3. The molecule has 0 saturated heterocycles. The molecule has 0 radical (unpaired) electrons. The Balaban J connectivity index is 2.59. The fourth-order valence-corrected chi connectivity index (χ4v) is 2.07. The fraction of sp³-hybridized carbons (Fsp3) is 0.824. The van der Waals surface area contributed by atoms with Gasteiger partial charge in [0, 0.05) is 19.1 Å². The number of ether oxygens (including phenoxy) is 2. The van der Waals surface area contributed by atoms with Gasteiger partial charge in [-0.15, -0.1) is 0 Å². The number of anilines is 3. The van der Waals surface area contributed by atoms with Gasteiger partial charge in [-0.2, -0.15) is 15.0 Å². The summed E-state index contributed by atoms with van der Waals surface area (Å²) in [6, 6.07) is 0.0488. The molecule has 1 heterocycles. The Hall–Kier alpha value is -1.75. The number of aliphatic hydroxyl groups is 1. The van der Waals surface area contributed by atoms with Crippen LogP contribution in [0.2, 0.25) is 0 Å². The van der Waals surface area contributed by atoms with E-state index < -0.39 is 0 Å². The zero-order chi connectivity index (χ0) is 20.1. The third kappa shape index (κ3) is 10.2. The Morgan fingerprint density at radius 1 is 0.889 bits per heavy atom. The van der Waals surface area contributed by atoms with Gasteiger partial charge >= 0.3 is 0 Å². The van der Waals surface area contributed by atoms with Crippen LogP contribution in [0.3, 0.4) is 0 Å². The molecule has 156 valence electrons. The van der Waals surface area contributed by atoms with Crippen molar-refractivity contribution in [3.8, 4) is 0 Å². The lowest BCUT2D eigenvalue weighted by Gasteiger charge is -2.20. The number of aromatic nitrogens is 3. The van der Waals surface area contributed by atoms with Crippen molar-refractivity contribution in [3.05, 3.63) is 0 Å². The summed E-state index contributed by atoms with van der Waals surface area (Å²) in [5, 5.41) is 19.0. The SMILES string of the molecule is CC(C)Nc1nc(NCCOCCOCCN)nc(N[C@@H](CO)C(C)C)n1. The third-order valence-electron chi connectivity index (χ3n) is 3.53. The Morgan fingerprint density at radius 3 is 2.04 bits per heavy atom. The van der Waals surface area contributed by atoms with Gasteiger partial charge in [0.05, 0.1) is 39.1 Å². The normalized spacial score (nSPS) is 12.4. The van der Waals surface area contributed by atoms with Crippen LogP contribution in [0.15, 0.2) is 0 Å². The standard InChI is InChI=1S/C17H35N7O3/c1-12(2)14(11-25)21-17-23-15(22-16(24-17)20-13(3)4)19-6-8-27-10-9-26-7-5-18/h12-14,25H,5-11,18H2,1-4H3,(H3,19,20,21,22,23,24)/t14-/m0/s1. The summed E-state index contributed by atoms with van der Waals surface area (Å²) in [5.41, 5.74) is 5.35. The molecule has 0 saturated carbocycles. The number of nitrogens with two attached hydrogens (primary N) is 1. The molecule has 0 unspecified atom stereocenters. The van der Waals surface area contributed by atoms with Crippen molar-refractivity contribution in [1.82, 2.24) is 15.0 Å². The average Bonchev–Trinajstić information content (AvgIpc) is 2.61. The predicted octanol–water partition coefficient (Wildman–Crippen LogP) is 0.525. The zero-order valence-electron chi connectivity index (χ0n) is 16.9. The Morgan fingerprint density at radius 2 is 1.48 bits per heavy atom. The molecule has 0 fully saturated rings. The van der Waals surface area contributed by atoms with Crippen LogP contribution >= 0.6 is 0 Å². The van der Waals surface area contributed by atoms with Crippen LogP contribution in [0.1, 0.15) is 27.7 Å². The van der Waals surface area contributed by atoms with Gasteiger partial charge in [0.15, 0.2) is 0 Å². The van der Waals surface area contributed by atoms with Crippen molar-refractivity contribution in [2.24, 2.45) is 11.7 Å². The quantitative estimate of drug-likeness (QED) is 0.271. The molecule has 27 heavy (non-hydrogen) atoms. The van der Waals surface area contributed by atoms with E-state index >= 15 is 0 Å². The molecule has 6 N–H and O–H groups in total. The molecule has 1 aromatic rings. The van der Waals surface area contributed by atoms with Crippen LogP contribution in [-0.4, -0.2) is 78.3 Å². The van der Waals surface area contributed by atoms with Crippen LogP contribution in [0.5, 0.6) is 0 Å². The van der Waals surface area contributed by atoms with Crippen LogP contribution in [0, 0.1) is 5.92 Å². The smallest absolute Gasteiger partial charge is 0.229 e. The number of nitrogens with zero attached hydrogens (tertiary/aromatic N) is 3. The van der Waals surface area contributed by atoms with Crippen LogP contribution in [0.25, 0.3) is 0 Å². The Bertz CT molecular complexity index is 517. The lowest BCUT2D eigenvalue weighted by Crippen LogP contribution is -2.31. The van der Waals surface area contributed by atoms with Gasteiger partial charge in [0.25, 0.3) is 0 Å². The van der Waals surface area contributed by atoms with Crippen LogP contribution in [-0.2, 0) is 9.47 Å². The first-order chi connectivity index (χ1) is 13.0. The van der Waals surface area contributed by atoms with E-state index in [2.05, 4.69) is 30.9 Å². The molecule has 0 aromatic carbocycles. The van der Waals surface area contributed by atoms with Crippen molar-refractivity contribution in [2.75, 3.05) is 62.1 Å². The summed E-state index contributed by atoms with van der Waals surface area (Å²) < 4.78 is 10.7. The average molecular weight is 386 g/mol. The second-order valence-corrected chi connectivity index (χ2v) is 6.72. The number of aliphatic hydroxyl groups excluding tert-OH is 1. The molecule has 0 aliphatic carbocycles. The lowest BCUT2D eigenvalue weighted by molar-refractivity contribution is 0.0547. The summed E-state index contributed by atoms with van der Waals surface area (Å²) in [6.07, 6.45) is 0. The summed E-state index contributed by atoms with van der Waals surface area (Å²) in [6.45, 7) is 11.2. The van der Waals surface area contributed by atoms with E-state index in [9.17, 15) is 5.11 Å². The molecular weight excluding hydrogens is 350 g/mol. The van der Waals surface area contributed by atoms with Crippen molar-refractivity contribution in [3.63, 3.8) is 0 Å². The van der Waals surface area contributed by atoms with Gasteiger partial charge < -0.3 is 36.3 Å². The molecule has 0 aliphatic rings. The number of hydrogen-bond acceptors (Lipinski definition) is 10. The molecule has 1 rings (SSSR count). The third-order valence-corrected chi connectivity index (χ3v) is 3.53. The topological polar surface area (TPSA) is 139 Å². The highest BCUT2D eigenvalue weighted by molar-refractivity contribution is 5.43. The molecule has 0 amide bonds. The maximum absolute atomic E-state index is 9.52. The van der Waals surface area contributed by atoms with Gasteiger partial charge in [0.2, 0.25) is 17.8 Å². The highest BCUT2D eigenvalue weighted by Crippen LogP contribution is 2.13. The van der Waals surface area contributed by atoms with E-state index in [1.165, 1.54) is 0 Å². The first-order valence-corrected chi connectivity index (χ1v) is 9.45. The molecule has 0 bridgehead atoms. The van der Waals surface area contributed by atoms with E-state index in [0.717, 1.165) is 0 Å². The highest BCUT2D eigenvalue weighted by Gasteiger charge is 2.15. The largest absolute Gasteiger partial charge is 0.394 e. The molecule has 0 aliphatic heterocycles. The summed E-state index contributed by atoms with van der Waals surface area (Å²) in [4.78, 5) is 13.1. The van der Waals surface area contributed by atoms with Gasteiger partial charge in [-0.3, -0.25) is 0 Å². The zero-order valence-corrected chi connectivity index (χ0v) is 16.9. The maximum atomic E-state index is 9.52. The van der Waals surface area contributed by atoms with Gasteiger partial charge in [-0.1, -0.05) is 13.8 Å². The fourth-order valence-electron chi connectivity index (χ4n) is 2.07. The van der Waals surface area contributed by atoms with Crippen LogP contribution in [0.4, 0.5) is 17.8 Å². The maximum Gasteiger partial charge on any atom is 0.229 e. The monoisotopic (exact) mass is 385 g/mol. The molecule has 1 aromatic heterocycles. The molecule has 10 heteroatoms. The Labute approximate surface area is 161 Å². The van der Waals surface area contributed by atoms with E-state index in [0.29, 0.717) is 57.4 Å². The summed E-state index contributed by atoms with van der Waals surface area (Å²) in [5.74, 6) is 1.57. The minimum Gasteiger partial charge on any atom is -0.394 e. The van der Waals surface area contributed by atoms with Gasteiger partial charge in [-0.05, 0) is 19.8 Å². The summed E-state index contributed by atoms with van der Waals surface area (Å²) >= 11 is 0. The van der Waals surface area contributed by atoms with Crippen molar-refractivity contribution >= 4 is 17.8 Å². The second kappa shape index (κ2) is 13.4. The Kier molecular flexibility index (Phi) is 11.6. The van der Waals surface area contributed by atoms with E-state index in [4.69, 9.17) is 15.2 Å². The van der Waals surface area contributed by atoms with Crippen molar-refractivity contribution in [2.45, 2.75) is 39.8 Å². The minimum atomic E-state index is -0.135. The summed E-state index contributed by atoms with van der Waals surface area (Å²) in [7, 11) is 0. The molecule has 0 spiro atoms. The molecular formula is C17H35N7O3. The number of hydrogen-bond donors (Lipinski definition) is 5. The van der Waals surface area contributed by atoms with Crippen molar-refractivity contribution < 1.29 is 14.6 Å². The predicted molar refractivity (Wildman–Crippen MR) is 107 cm³/mol. The van der Waals surface area contributed by atoms with E-state index in [1.54, 1.807) is 0 Å². The minimum absolute atomic E-state index is 0.000872. The number of nitrogens with one attached hydrogen (secondary N) is 3. The first-order valence-electron chi connectivity index (χ1n) is 9.45.